The molecule has 0 saturated carbocycles. The van der Waals surface area contributed by atoms with E-state index in [0.717, 1.165) is 81.4 Å². The molecule has 2 bridgehead atoms. The number of hydrogen-bond donors (Lipinski definition) is 1. The van der Waals surface area contributed by atoms with Crippen LogP contribution in [0.1, 0.15) is 76.4 Å². The highest BCUT2D eigenvalue weighted by molar-refractivity contribution is 5.83. The minimum absolute atomic E-state index is 0.0997. The first-order valence-corrected chi connectivity index (χ1v) is 12.7. The highest BCUT2D eigenvalue weighted by atomic mass is 16.2. The van der Waals surface area contributed by atoms with Crippen LogP contribution in [0.4, 0.5) is 0 Å². The summed E-state index contributed by atoms with van der Waals surface area (Å²) in [6, 6.07) is 14.4. The van der Waals surface area contributed by atoms with Crippen molar-refractivity contribution in [3.63, 3.8) is 0 Å². The summed E-state index contributed by atoms with van der Waals surface area (Å²) >= 11 is 0. The average Bonchev–Trinajstić information content (AvgIpc) is 2.89. The lowest BCUT2D eigenvalue weighted by Crippen LogP contribution is -2.55. The van der Waals surface area contributed by atoms with Crippen molar-refractivity contribution in [3.8, 4) is 11.1 Å². The van der Waals surface area contributed by atoms with Crippen LogP contribution in [-0.2, 0) is 9.59 Å². The third-order valence-electron chi connectivity index (χ3n) is 7.59. The van der Waals surface area contributed by atoms with Gasteiger partial charge in [-0.05, 0) is 75.0 Å². The van der Waals surface area contributed by atoms with Crippen molar-refractivity contribution in [2.24, 2.45) is 5.41 Å². The van der Waals surface area contributed by atoms with E-state index in [0.29, 0.717) is 18.6 Å². The number of nitrogens with zero attached hydrogens (tertiary/aromatic N) is 2. The first-order valence-electron chi connectivity index (χ1n) is 12.7. The molecule has 0 unspecified atom stereocenters. The highest BCUT2D eigenvalue weighted by Gasteiger charge is 2.45. The van der Waals surface area contributed by atoms with Gasteiger partial charge in [0.1, 0.15) is 5.78 Å². The van der Waals surface area contributed by atoms with E-state index in [1.54, 1.807) is 0 Å². The largest absolute Gasteiger partial charge is 0.347 e. The Morgan fingerprint density at radius 3 is 2.42 bits per heavy atom. The molecular formula is C28H37N3O2. The number of amides is 1. The van der Waals surface area contributed by atoms with E-state index >= 15 is 0 Å². The summed E-state index contributed by atoms with van der Waals surface area (Å²) in [6.07, 6.45) is 9.75. The van der Waals surface area contributed by atoms with Crippen molar-refractivity contribution in [2.75, 3.05) is 19.6 Å². The van der Waals surface area contributed by atoms with Crippen LogP contribution in [0.3, 0.4) is 0 Å². The average molecular weight is 448 g/mol. The first kappa shape index (κ1) is 23.6. The maximum absolute atomic E-state index is 13.5. The number of nitrogens with one attached hydrogen (secondary N) is 1. The summed E-state index contributed by atoms with van der Waals surface area (Å²) in [5.41, 5.74) is 3.00. The van der Waals surface area contributed by atoms with Gasteiger partial charge in [0.05, 0.1) is 17.2 Å². The maximum atomic E-state index is 13.5. The fourth-order valence-corrected chi connectivity index (χ4v) is 5.25. The summed E-state index contributed by atoms with van der Waals surface area (Å²) < 4.78 is 0. The molecule has 0 radical (unpaired) electrons. The van der Waals surface area contributed by atoms with Crippen LogP contribution in [0, 0.1) is 5.41 Å². The number of piperidine rings is 3. The fraction of sp³-hybridized carbons (Fsp3) is 0.536. The van der Waals surface area contributed by atoms with Crippen LogP contribution in [-0.4, -0.2) is 41.2 Å². The van der Waals surface area contributed by atoms with Crippen molar-refractivity contribution < 1.29 is 9.59 Å². The Morgan fingerprint density at radius 2 is 1.73 bits per heavy atom. The van der Waals surface area contributed by atoms with Crippen LogP contribution >= 0.6 is 0 Å². The van der Waals surface area contributed by atoms with Gasteiger partial charge in [0.2, 0.25) is 5.91 Å². The van der Waals surface area contributed by atoms with E-state index in [2.05, 4.69) is 33.4 Å². The van der Waals surface area contributed by atoms with Gasteiger partial charge in [-0.2, -0.15) is 0 Å². The van der Waals surface area contributed by atoms with Gasteiger partial charge >= 0.3 is 0 Å². The van der Waals surface area contributed by atoms with Gasteiger partial charge < -0.3 is 10.2 Å². The molecule has 5 heteroatoms. The highest BCUT2D eigenvalue weighted by Crippen LogP contribution is 2.41. The number of aromatic nitrogens is 1. The summed E-state index contributed by atoms with van der Waals surface area (Å²) in [7, 11) is 0. The quantitative estimate of drug-likeness (QED) is 0.474. The molecule has 2 aromatic rings. The summed E-state index contributed by atoms with van der Waals surface area (Å²) in [5.74, 6) is 0.541. The number of Topliss-reactive ketones (excluding diaryl/α,β-unsaturated/α-hetero) is 1. The normalized spacial score (nSPS) is 22.6. The van der Waals surface area contributed by atoms with Crippen LogP contribution in [0.15, 0.2) is 48.7 Å². The zero-order chi connectivity index (χ0) is 23.1. The molecule has 1 N–H and O–H groups in total. The second-order valence-electron chi connectivity index (χ2n) is 9.72. The Balaban J connectivity index is 1.47. The van der Waals surface area contributed by atoms with E-state index in [4.69, 9.17) is 0 Å². The van der Waals surface area contributed by atoms with E-state index in [-0.39, 0.29) is 17.4 Å². The number of pyridine rings is 1. The molecule has 33 heavy (non-hydrogen) atoms. The molecule has 3 saturated heterocycles. The maximum Gasteiger partial charge on any atom is 0.226 e. The van der Waals surface area contributed by atoms with E-state index in [1.807, 2.05) is 37.4 Å². The number of carbonyl (C=O) groups excluding carboxylic acids is 2. The Labute approximate surface area is 198 Å². The predicted octanol–water partition coefficient (Wildman–Crippen LogP) is 5.32. The minimum atomic E-state index is -0.211. The van der Waals surface area contributed by atoms with Gasteiger partial charge in [0, 0.05) is 19.0 Å². The van der Waals surface area contributed by atoms with Crippen LogP contribution in [0.2, 0.25) is 0 Å². The summed E-state index contributed by atoms with van der Waals surface area (Å²) in [5, 5.41) is 3.42. The zero-order valence-electron chi connectivity index (χ0n) is 19.9. The minimum Gasteiger partial charge on any atom is -0.347 e. The third kappa shape index (κ3) is 5.89. The van der Waals surface area contributed by atoms with Crippen LogP contribution < -0.4 is 5.32 Å². The zero-order valence-corrected chi connectivity index (χ0v) is 19.9. The SMILES string of the molecule is CCC(=O)CCCCC[C@H](NC(=O)C12CCN(CC1)CC2)c1cc(-c2ccccc2)ccn1. The molecule has 1 aromatic carbocycles. The van der Waals surface area contributed by atoms with Crippen molar-refractivity contribution in [1.29, 1.82) is 0 Å². The van der Waals surface area contributed by atoms with E-state index in [9.17, 15) is 9.59 Å². The smallest absolute Gasteiger partial charge is 0.226 e. The molecule has 1 amide bonds. The molecule has 0 spiro atoms. The van der Waals surface area contributed by atoms with Gasteiger partial charge in [-0.3, -0.25) is 14.6 Å². The molecule has 3 aliphatic rings. The Morgan fingerprint density at radius 1 is 1.00 bits per heavy atom. The number of hydrogen-bond acceptors (Lipinski definition) is 4. The fourth-order valence-electron chi connectivity index (χ4n) is 5.25. The topological polar surface area (TPSA) is 62.3 Å². The van der Waals surface area contributed by atoms with Gasteiger partial charge in [0.25, 0.3) is 0 Å². The van der Waals surface area contributed by atoms with Crippen molar-refractivity contribution >= 4 is 11.7 Å². The van der Waals surface area contributed by atoms with Gasteiger partial charge in [0.15, 0.2) is 0 Å². The van der Waals surface area contributed by atoms with Crippen molar-refractivity contribution in [1.82, 2.24) is 15.2 Å². The van der Waals surface area contributed by atoms with Crippen LogP contribution in [0.25, 0.3) is 11.1 Å². The Hall–Kier alpha value is -2.53. The lowest BCUT2D eigenvalue weighted by atomic mass is 9.71. The standard InChI is InChI=1S/C28H37N3O2/c1-2-24(32)11-7-4-8-12-25(30-27(33)28-14-18-31(19-15-28)20-16-28)26-21-23(13-17-29-26)22-9-5-3-6-10-22/h3,5-6,9-10,13,17,21,25H,2,4,7-8,11-12,14-16,18-20H2,1H3,(H,30,33)/t25-/m0/s1. The number of benzene rings is 1. The number of unbranched alkanes of at least 4 members (excludes halogenated alkanes) is 2. The number of carbonyl (C=O) groups is 2. The molecule has 5 rings (SSSR count). The second kappa shape index (κ2) is 11.1. The monoisotopic (exact) mass is 447 g/mol. The molecule has 4 heterocycles. The Bertz CT molecular complexity index is 921. The molecule has 5 nitrogen and oxygen atoms in total. The van der Waals surface area contributed by atoms with E-state index < -0.39 is 0 Å². The number of rotatable bonds is 11. The lowest BCUT2D eigenvalue weighted by Gasteiger charge is -2.47. The molecule has 176 valence electrons. The molecular weight excluding hydrogens is 410 g/mol. The van der Waals surface area contributed by atoms with Gasteiger partial charge in [-0.15, -0.1) is 0 Å². The first-order chi connectivity index (χ1) is 16.1. The lowest BCUT2D eigenvalue weighted by molar-refractivity contribution is -0.139. The summed E-state index contributed by atoms with van der Waals surface area (Å²) in [4.78, 5) is 32.3. The summed E-state index contributed by atoms with van der Waals surface area (Å²) in [6.45, 7) is 5.02. The third-order valence-corrected chi connectivity index (χ3v) is 7.59. The molecule has 1 aromatic heterocycles. The van der Waals surface area contributed by atoms with Crippen LogP contribution in [0.5, 0.6) is 0 Å². The molecule has 1 atom stereocenters. The molecule has 3 aliphatic heterocycles. The Kier molecular flexibility index (Phi) is 7.92. The predicted molar refractivity (Wildman–Crippen MR) is 132 cm³/mol. The molecule has 3 fully saturated rings. The molecule has 0 aliphatic carbocycles. The van der Waals surface area contributed by atoms with Crippen molar-refractivity contribution in [2.45, 2.75) is 70.8 Å². The van der Waals surface area contributed by atoms with Gasteiger partial charge in [-0.25, -0.2) is 0 Å². The second-order valence-corrected chi connectivity index (χ2v) is 9.72. The van der Waals surface area contributed by atoms with E-state index in [1.165, 1.54) is 0 Å². The number of fused-ring (bicyclic) bond motifs is 3. The van der Waals surface area contributed by atoms with Gasteiger partial charge in [-0.1, -0.05) is 50.1 Å². The van der Waals surface area contributed by atoms with Crippen molar-refractivity contribution in [3.05, 3.63) is 54.4 Å². The number of ketones is 1.